The van der Waals surface area contributed by atoms with Gasteiger partial charge in [-0.3, -0.25) is 10.5 Å². The second kappa shape index (κ2) is 7.01. The van der Waals surface area contributed by atoms with Gasteiger partial charge in [0.2, 0.25) is 0 Å². The fourth-order valence-corrected chi connectivity index (χ4v) is 1.28. The molecule has 1 aromatic carbocycles. The zero-order valence-corrected chi connectivity index (χ0v) is 8.74. The molecular formula is C12H16NO2. The van der Waals surface area contributed by atoms with Gasteiger partial charge in [0.1, 0.15) is 0 Å². The fourth-order valence-electron chi connectivity index (χ4n) is 1.28. The van der Waals surface area contributed by atoms with E-state index in [2.05, 4.69) is 12.1 Å². The molecule has 1 radical (unpaired) electrons. The summed E-state index contributed by atoms with van der Waals surface area (Å²) in [6.07, 6.45) is 1.97. The van der Waals surface area contributed by atoms with Gasteiger partial charge >= 0.3 is 5.97 Å². The van der Waals surface area contributed by atoms with E-state index in [1.165, 1.54) is 5.56 Å². The SMILES string of the molecule is [NH]CCC(=O)OCCCc1ccccc1. The van der Waals surface area contributed by atoms with Crippen LogP contribution in [0.15, 0.2) is 30.3 Å². The van der Waals surface area contributed by atoms with Gasteiger partial charge in [-0.15, -0.1) is 0 Å². The molecular weight excluding hydrogens is 190 g/mol. The number of ether oxygens (including phenoxy) is 1. The van der Waals surface area contributed by atoms with E-state index in [0.29, 0.717) is 6.61 Å². The number of carbonyl (C=O) groups excluding carboxylic acids is 1. The molecule has 3 heteroatoms. The standard InChI is InChI=1S/C12H16NO2/c13-9-8-12(14)15-10-4-7-11-5-2-1-3-6-11/h1-3,5-6,13H,4,7-10H2. The Morgan fingerprint density at radius 2 is 2.00 bits per heavy atom. The van der Waals surface area contributed by atoms with Gasteiger partial charge in [-0.2, -0.15) is 0 Å². The molecule has 0 aromatic heterocycles. The van der Waals surface area contributed by atoms with Gasteiger partial charge in [-0.1, -0.05) is 30.3 Å². The summed E-state index contributed by atoms with van der Waals surface area (Å²) in [5.41, 5.74) is 8.11. The lowest BCUT2D eigenvalue weighted by molar-refractivity contribution is -0.143. The molecule has 1 aromatic rings. The lowest BCUT2D eigenvalue weighted by Crippen LogP contribution is -2.08. The summed E-state index contributed by atoms with van der Waals surface area (Å²) < 4.78 is 4.95. The molecule has 0 amide bonds. The lowest BCUT2D eigenvalue weighted by atomic mass is 10.1. The quantitative estimate of drug-likeness (QED) is 0.526. The Bertz CT molecular complexity index is 285. The van der Waals surface area contributed by atoms with E-state index in [9.17, 15) is 4.79 Å². The maximum atomic E-state index is 10.9. The highest BCUT2D eigenvalue weighted by atomic mass is 16.5. The second-order valence-corrected chi connectivity index (χ2v) is 3.31. The van der Waals surface area contributed by atoms with Crippen LogP contribution in [0.1, 0.15) is 18.4 Å². The number of carbonyl (C=O) groups is 1. The zero-order valence-electron chi connectivity index (χ0n) is 8.74. The third-order valence-corrected chi connectivity index (χ3v) is 2.04. The molecule has 1 rings (SSSR count). The number of hydrogen-bond acceptors (Lipinski definition) is 2. The minimum Gasteiger partial charge on any atom is -0.466 e. The Balaban J connectivity index is 2.10. The molecule has 0 saturated carbocycles. The van der Waals surface area contributed by atoms with Gasteiger partial charge in [-0.25, -0.2) is 0 Å². The molecule has 0 spiro atoms. The van der Waals surface area contributed by atoms with Crippen molar-refractivity contribution in [1.82, 2.24) is 5.73 Å². The highest BCUT2D eigenvalue weighted by Crippen LogP contribution is 2.02. The Morgan fingerprint density at radius 1 is 1.27 bits per heavy atom. The smallest absolute Gasteiger partial charge is 0.307 e. The number of benzene rings is 1. The summed E-state index contributed by atoms with van der Waals surface area (Å²) in [6, 6.07) is 10.1. The Kier molecular flexibility index (Phi) is 5.48. The van der Waals surface area contributed by atoms with Gasteiger partial charge in [0.15, 0.2) is 0 Å². The molecule has 81 valence electrons. The lowest BCUT2D eigenvalue weighted by Gasteiger charge is -2.03. The first-order valence-electron chi connectivity index (χ1n) is 5.17. The average molecular weight is 206 g/mol. The Hall–Kier alpha value is -1.35. The van der Waals surface area contributed by atoms with Crippen molar-refractivity contribution in [3.05, 3.63) is 35.9 Å². The van der Waals surface area contributed by atoms with Crippen molar-refractivity contribution in [3.8, 4) is 0 Å². The van der Waals surface area contributed by atoms with E-state index < -0.39 is 0 Å². The van der Waals surface area contributed by atoms with Crippen LogP contribution in [0.5, 0.6) is 0 Å². The summed E-state index contributed by atoms with van der Waals surface area (Å²) in [5.74, 6) is -0.266. The molecule has 0 aliphatic carbocycles. The van der Waals surface area contributed by atoms with Crippen LogP contribution >= 0.6 is 0 Å². The van der Waals surface area contributed by atoms with Gasteiger partial charge in [0, 0.05) is 6.54 Å². The summed E-state index contributed by atoms with van der Waals surface area (Å²) >= 11 is 0. The molecule has 0 bridgehead atoms. The summed E-state index contributed by atoms with van der Waals surface area (Å²) in [5, 5.41) is 0. The first kappa shape index (κ1) is 11.7. The van der Waals surface area contributed by atoms with Crippen LogP contribution in [0.4, 0.5) is 0 Å². The molecule has 0 aliphatic heterocycles. The van der Waals surface area contributed by atoms with E-state index in [4.69, 9.17) is 10.5 Å². The summed E-state index contributed by atoms with van der Waals surface area (Å²) in [6.45, 7) is 0.561. The van der Waals surface area contributed by atoms with E-state index in [1.807, 2.05) is 18.2 Å². The Labute approximate surface area is 90.2 Å². The molecule has 3 nitrogen and oxygen atoms in total. The highest BCUT2D eigenvalue weighted by Gasteiger charge is 2.00. The van der Waals surface area contributed by atoms with Crippen LogP contribution in [-0.4, -0.2) is 19.1 Å². The fraction of sp³-hybridized carbons (Fsp3) is 0.417. The third-order valence-electron chi connectivity index (χ3n) is 2.04. The van der Waals surface area contributed by atoms with Gasteiger partial charge < -0.3 is 4.74 Å². The van der Waals surface area contributed by atoms with Crippen LogP contribution < -0.4 is 5.73 Å². The van der Waals surface area contributed by atoms with Crippen molar-refractivity contribution in [2.75, 3.05) is 13.2 Å². The first-order chi connectivity index (χ1) is 7.33. The third kappa shape index (κ3) is 5.18. The van der Waals surface area contributed by atoms with Crippen LogP contribution in [0.3, 0.4) is 0 Å². The van der Waals surface area contributed by atoms with E-state index >= 15 is 0 Å². The van der Waals surface area contributed by atoms with Gasteiger partial charge in [-0.05, 0) is 18.4 Å². The molecule has 0 fully saturated rings. The number of nitrogens with one attached hydrogen (secondary N) is 1. The zero-order chi connectivity index (χ0) is 10.9. The second-order valence-electron chi connectivity index (χ2n) is 3.31. The molecule has 0 atom stereocenters. The maximum Gasteiger partial charge on any atom is 0.307 e. The van der Waals surface area contributed by atoms with Crippen molar-refractivity contribution in [1.29, 1.82) is 0 Å². The van der Waals surface area contributed by atoms with Crippen molar-refractivity contribution < 1.29 is 9.53 Å². The summed E-state index contributed by atoms with van der Waals surface area (Å²) in [4.78, 5) is 10.9. The predicted molar refractivity (Wildman–Crippen MR) is 58.3 cm³/mol. The average Bonchev–Trinajstić information content (AvgIpc) is 2.26. The van der Waals surface area contributed by atoms with Crippen molar-refractivity contribution >= 4 is 5.97 Å². The minimum absolute atomic E-state index is 0.109. The topological polar surface area (TPSA) is 50.1 Å². The maximum absolute atomic E-state index is 10.9. The summed E-state index contributed by atoms with van der Waals surface area (Å²) in [7, 11) is 0. The highest BCUT2D eigenvalue weighted by molar-refractivity contribution is 5.69. The predicted octanol–water partition coefficient (Wildman–Crippen LogP) is 1.84. The molecule has 0 heterocycles. The van der Waals surface area contributed by atoms with Crippen molar-refractivity contribution in [2.45, 2.75) is 19.3 Å². The number of aryl methyl sites for hydroxylation is 1. The van der Waals surface area contributed by atoms with E-state index in [-0.39, 0.29) is 18.9 Å². The van der Waals surface area contributed by atoms with E-state index in [1.54, 1.807) is 0 Å². The van der Waals surface area contributed by atoms with E-state index in [0.717, 1.165) is 12.8 Å². The van der Waals surface area contributed by atoms with Crippen molar-refractivity contribution in [2.24, 2.45) is 0 Å². The van der Waals surface area contributed by atoms with Crippen LogP contribution in [-0.2, 0) is 16.0 Å². The van der Waals surface area contributed by atoms with Crippen LogP contribution in [0, 0.1) is 0 Å². The normalized spacial score (nSPS) is 9.93. The number of rotatable bonds is 6. The minimum atomic E-state index is -0.266. The van der Waals surface area contributed by atoms with Crippen LogP contribution in [0.25, 0.3) is 0 Å². The largest absolute Gasteiger partial charge is 0.466 e. The van der Waals surface area contributed by atoms with Gasteiger partial charge in [0.05, 0.1) is 13.0 Å². The monoisotopic (exact) mass is 206 g/mol. The molecule has 15 heavy (non-hydrogen) atoms. The van der Waals surface area contributed by atoms with Crippen LogP contribution in [0.2, 0.25) is 0 Å². The first-order valence-corrected chi connectivity index (χ1v) is 5.17. The number of hydrogen-bond donors (Lipinski definition) is 0. The molecule has 0 aliphatic rings. The number of esters is 1. The molecule has 0 unspecified atom stereocenters. The molecule has 0 saturated heterocycles. The van der Waals surface area contributed by atoms with Crippen molar-refractivity contribution in [3.63, 3.8) is 0 Å². The Morgan fingerprint density at radius 3 is 2.67 bits per heavy atom. The molecule has 1 N–H and O–H groups in total. The van der Waals surface area contributed by atoms with Gasteiger partial charge in [0.25, 0.3) is 0 Å².